The van der Waals surface area contributed by atoms with Crippen LogP contribution in [0.2, 0.25) is 0 Å². The van der Waals surface area contributed by atoms with Gasteiger partial charge in [-0.3, -0.25) is 19.2 Å². The third-order valence-electron chi connectivity index (χ3n) is 4.95. The number of likely N-dealkylation sites (tertiary alicyclic amines) is 1. The summed E-state index contributed by atoms with van der Waals surface area (Å²) in [6.45, 7) is 2.95. The Morgan fingerprint density at radius 1 is 1.36 bits per heavy atom. The monoisotopic (exact) mass is 397 g/mol. The number of H-pyrrole nitrogens is 1. The largest absolute Gasteiger partial charge is 0.349 e. The van der Waals surface area contributed by atoms with Crippen LogP contribution in [0.1, 0.15) is 39.0 Å². The van der Waals surface area contributed by atoms with Crippen molar-refractivity contribution in [2.24, 2.45) is 0 Å². The van der Waals surface area contributed by atoms with E-state index in [-0.39, 0.29) is 11.5 Å². The van der Waals surface area contributed by atoms with Crippen LogP contribution in [0.15, 0.2) is 53.7 Å². The van der Waals surface area contributed by atoms with Crippen LogP contribution in [0.25, 0.3) is 0 Å². The molecule has 0 spiro atoms. The topological polar surface area (TPSA) is 83.0 Å². The summed E-state index contributed by atoms with van der Waals surface area (Å²) < 4.78 is 1.80. The fraction of sp³-hybridized carbons (Fsp3) is 0.350. The van der Waals surface area contributed by atoms with Gasteiger partial charge in [-0.15, -0.1) is 11.3 Å². The number of nitrogens with zero attached hydrogens (tertiary/aromatic N) is 3. The van der Waals surface area contributed by atoms with Crippen molar-refractivity contribution < 1.29 is 4.79 Å². The maximum absolute atomic E-state index is 12.4. The minimum absolute atomic E-state index is 0.0393. The van der Waals surface area contributed by atoms with Gasteiger partial charge in [0, 0.05) is 48.7 Å². The van der Waals surface area contributed by atoms with E-state index in [1.54, 1.807) is 34.5 Å². The van der Waals surface area contributed by atoms with Crippen LogP contribution in [0.4, 0.5) is 0 Å². The lowest BCUT2D eigenvalue weighted by atomic mass is 10.1. The molecule has 0 saturated carbocycles. The lowest BCUT2D eigenvalue weighted by Gasteiger charge is -2.23. The summed E-state index contributed by atoms with van der Waals surface area (Å²) >= 11 is 1.56. The number of thiophene rings is 1. The van der Waals surface area contributed by atoms with Crippen molar-refractivity contribution in [3.63, 3.8) is 0 Å². The van der Waals surface area contributed by atoms with Gasteiger partial charge in [0.25, 0.3) is 5.91 Å². The number of aromatic nitrogens is 3. The van der Waals surface area contributed by atoms with Crippen LogP contribution in [0.3, 0.4) is 0 Å². The van der Waals surface area contributed by atoms with Crippen LogP contribution < -0.4 is 10.9 Å². The second kappa shape index (κ2) is 8.53. The molecule has 7 nitrogen and oxygen atoms in total. The SMILES string of the molecule is O=C(NCCn1cccn1)c1ccc([C@@H]2CCCN2Cc2cc[nH]c(=O)c2)s1. The standard InChI is InChI=1S/C20H23N5O2S/c26-19-13-15(6-8-21-19)14-24-10-1-3-16(24)17-4-5-18(28-17)20(27)22-9-12-25-11-2-7-23-25/h2,4-8,11,13,16H,1,3,9-10,12,14H2,(H,21,26)(H,22,27)/t16-/m0/s1. The fourth-order valence-electron chi connectivity index (χ4n) is 3.62. The van der Waals surface area contributed by atoms with Crippen molar-refractivity contribution in [3.8, 4) is 0 Å². The average Bonchev–Trinajstić information content (AvgIpc) is 3.43. The van der Waals surface area contributed by atoms with E-state index in [2.05, 4.69) is 26.4 Å². The van der Waals surface area contributed by atoms with E-state index in [9.17, 15) is 9.59 Å². The van der Waals surface area contributed by atoms with E-state index in [1.165, 1.54) is 4.88 Å². The highest BCUT2D eigenvalue weighted by Crippen LogP contribution is 2.36. The van der Waals surface area contributed by atoms with E-state index < -0.39 is 0 Å². The second-order valence-corrected chi connectivity index (χ2v) is 8.03. The molecular formula is C20H23N5O2S. The van der Waals surface area contributed by atoms with Crippen LogP contribution >= 0.6 is 11.3 Å². The van der Waals surface area contributed by atoms with Gasteiger partial charge in [-0.1, -0.05) is 0 Å². The molecular weight excluding hydrogens is 374 g/mol. The van der Waals surface area contributed by atoms with Crippen LogP contribution in [-0.4, -0.2) is 38.7 Å². The Morgan fingerprint density at radius 3 is 3.11 bits per heavy atom. The number of aromatic amines is 1. The second-order valence-electron chi connectivity index (χ2n) is 6.92. The number of hydrogen-bond donors (Lipinski definition) is 2. The Kier molecular flexibility index (Phi) is 5.68. The highest BCUT2D eigenvalue weighted by Gasteiger charge is 2.27. The molecule has 4 heterocycles. The molecule has 3 aromatic rings. The molecule has 1 aliphatic rings. The third kappa shape index (κ3) is 4.40. The molecule has 0 aromatic carbocycles. The zero-order chi connectivity index (χ0) is 19.3. The number of hydrogen-bond acceptors (Lipinski definition) is 5. The van der Waals surface area contributed by atoms with Gasteiger partial charge in [0.05, 0.1) is 11.4 Å². The van der Waals surface area contributed by atoms with E-state index in [1.807, 2.05) is 24.4 Å². The number of amides is 1. The number of carbonyl (C=O) groups excluding carboxylic acids is 1. The Balaban J connectivity index is 1.37. The molecule has 3 aromatic heterocycles. The summed E-state index contributed by atoms with van der Waals surface area (Å²) in [5.41, 5.74) is 0.947. The minimum Gasteiger partial charge on any atom is -0.349 e. The van der Waals surface area contributed by atoms with Gasteiger partial charge < -0.3 is 10.3 Å². The van der Waals surface area contributed by atoms with Crippen molar-refractivity contribution >= 4 is 17.2 Å². The van der Waals surface area contributed by atoms with Crippen molar-refractivity contribution in [1.29, 1.82) is 0 Å². The molecule has 1 atom stereocenters. The predicted molar refractivity (Wildman–Crippen MR) is 108 cm³/mol. The first-order valence-corrected chi connectivity index (χ1v) is 10.3. The smallest absolute Gasteiger partial charge is 0.261 e. The third-order valence-corrected chi connectivity index (χ3v) is 6.14. The molecule has 0 radical (unpaired) electrons. The minimum atomic E-state index is -0.0709. The van der Waals surface area contributed by atoms with Crippen molar-refractivity contribution in [2.75, 3.05) is 13.1 Å². The maximum Gasteiger partial charge on any atom is 0.261 e. The number of rotatable bonds is 7. The zero-order valence-corrected chi connectivity index (χ0v) is 16.3. The molecule has 0 bridgehead atoms. The van der Waals surface area contributed by atoms with Gasteiger partial charge in [-0.25, -0.2) is 0 Å². The first-order chi connectivity index (χ1) is 13.7. The Labute approximate surface area is 167 Å². The lowest BCUT2D eigenvalue weighted by Crippen LogP contribution is -2.26. The first kappa shape index (κ1) is 18.6. The molecule has 28 heavy (non-hydrogen) atoms. The Morgan fingerprint density at radius 2 is 2.29 bits per heavy atom. The lowest BCUT2D eigenvalue weighted by molar-refractivity contribution is 0.0956. The van der Waals surface area contributed by atoms with E-state index in [0.29, 0.717) is 19.1 Å². The Bertz CT molecular complexity index is 978. The maximum atomic E-state index is 12.4. The van der Waals surface area contributed by atoms with E-state index >= 15 is 0 Å². The van der Waals surface area contributed by atoms with Gasteiger partial charge in [0.15, 0.2) is 0 Å². The van der Waals surface area contributed by atoms with Gasteiger partial charge >= 0.3 is 0 Å². The molecule has 1 aliphatic heterocycles. The summed E-state index contributed by atoms with van der Waals surface area (Å²) in [7, 11) is 0. The van der Waals surface area contributed by atoms with Gasteiger partial charge in [0.1, 0.15) is 0 Å². The number of pyridine rings is 1. The summed E-state index contributed by atoms with van der Waals surface area (Å²) in [5.74, 6) is -0.0393. The normalized spacial score (nSPS) is 17.1. The quantitative estimate of drug-likeness (QED) is 0.641. The summed E-state index contributed by atoms with van der Waals surface area (Å²) in [5, 5.41) is 7.09. The molecule has 2 N–H and O–H groups in total. The highest BCUT2D eigenvalue weighted by atomic mass is 32.1. The first-order valence-electron chi connectivity index (χ1n) is 9.46. The van der Waals surface area contributed by atoms with Crippen molar-refractivity contribution in [3.05, 3.63) is 74.6 Å². The van der Waals surface area contributed by atoms with Crippen molar-refractivity contribution in [1.82, 2.24) is 25.0 Å². The zero-order valence-electron chi connectivity index (χ0n) is 15.5. The molecule has 0 aliphatic carbocycles. The molecule has 1 fully saturated rings. The molecule has 146 valence electrons. The number of nitrogens with one attached hydrogen (secondary N) is 2. The predicted octanol–water partition coefficient (Wildman–Crippen LogP) is 2.40. The average molecular weight is 398 g/mol. The molecule has 4 rings (SSSR count). The summed E-state index contributed by atoms with van der Waals surface area (Å²) in [6, 6.07) is 9.74. The van der Waals surface area contributed by atoms with Gasteiger partial charge in [0.2, 0.25) is 5.56 Å². The molecule has 1 saturated heterocycles. The van der Waals surface area contributed by atoms with E-state index in [4.69, 9.17) is 0 Å². The Hall–Kier alpha value is -2.71. The van der Waals surface area contributed by atoms with Crippen LogP contribution in [0, 0.1) is 0 Å². The van der Waals surface area contributed by atoms with Crippen LogP contribution in [-0.2, 0) is 13.1 Å². The van der Waals surface area contributed by atoms with Crippen molar-refractivity contribution in [2.45, 2.75) is 32.0 Å². The molecule has 1 amide bonds. The van der Waals surface area contributed by atoms with Crippen LogP contribution in [0.5, 0.6) is 0 Å². The summed E-state index contributed by atoms with van der Waals surface area (Å²) in [4.78, 5) is 31.0. The number of carbonyl (C=O) groups is 1. The van der Waals surface area contributed by atoms with E-state index in [0.717, 1.165) is 36.4 Å². The molecule has 0 unspecified atom stereocenters. The highest BCUT2D eigenvalue weighted by molar-refractivity contribution is 7.14. The molecule has 8 heteroatoms. The van der Waals surface area contributed by atoms with Gasteiger partial charge in [-0.05, 0) is 49.2 Å². The fourth-order valence-corrected chi connectivity index (χ4v) is 4.71. The summed E-state index contributed by atoms with van der Waals surface area (Å²) in [6.07, 6.45) is 7.50. The van der Waals surface area contributed by atoms with Gasteiger partial charge in [-0.2, -0.15) is 5.10 Å².